The highest BCUT2D eigenvalue weighted by molar-refractivity contribution is 6.11. The molecule has 2 aromatic rings. The normalized spacial score (nSPS) is 13.8. The molecule has 2 aromatic carbocycles. The summed E-state index contributed by atoms with van der Waals surface area (Å²) in [6, 6.07) is 16.5. The lowest BCUT2D eigenvalue weighted by atomic mass is 10.1. The number of benzene rings is 2. The Labute approximate surface area is 128 Å². The van der Waals surface area contributed by atoms with Gasteiger partial charge < -0.3 is 9.64 Å². The number of fused-ring (bicyclic) bond motifs is 1. The molecule has 3 rings (SSSR count). The van der Waals surface area contributed by atoms with Crippen LogP contribution in [-0.2, 0) is 9.59 Å². The predicted molar refractivity (Wildman–Crippen MR) is 84.1 cm³/mol. The van der Waals surface area contributed by atoms with E-state index in [-0.39, 0.29) is 25.0 Å². The van der Waals surface area contributed by atoms with Crippen molar-refractivity contribution in [3.63, 3.8) is 0 Å². The lowest BCUT2D eigenvalue weighted by Crippen LogP contribution is -2.48. The van der Waals surface area contributed by atoms with E-state index >= 15 is 0 Å². The van der Waals surface area contributed by atoms with Crippen LogP contribution in [-0.4, -0.2) is 32.0 Å². The van der Waals surface area contributed by atoms with Crippen LogP contribution in [0.1, 0.15) is 0 Å². The minimum Gasteiger partial charge on any atom is -0.484 e. The first kappa shape index (κ1) is 14.1. The Bertz CT molecular complexity index is 700. The fourth-order valence-corrected chi connectivity index (χ4v) is 2.40. The van der Waals surface area contributed by atoms with E-state index in [2.05, 4.69) is 0 Å². The summed E-state index contributed by atoms with van der Waals surface area (Å²) in [7, 11) is 1.71. The molecule has 2 amide bonds. The van der Waals surface area contributed by atoms with Crippen LogP contribution >= 0.6 is 0 Å². The molecule has 0 aromatic heterocycles. The molecule has 0 unspecified atom stereocenters. The van der Waals surface area contributed by atoms with E-state index < -0.39 is 0 Å². The smallest absolute Gasteiger partial charge is 0.265 e. The summed E-state index contributed by atoms with van der Waals surface area (Å²) in [6.07, 6.45) is 0. The Balaban J connectivity index is 1.78. The number of likely N-dealkylation sites (N-methyl/N-ethyl adjacent to an activating group) is 1. The van der Waals surface area contributed by atoms with Gasteiger partial charge >= 0.3 is 0 Å². The molecule has 5 heteroatoms. The number of hydrogen-bond donors (Lipinski definition) is 0. The van der Waals surface area contributed by atoms with Crippen LogP contribution in [0.5, 0.6) is 5.75 Å². The minimum absolute atomic E-state index is 0.0322. The SMILES string of the molecule is CN1C(=O)CN(C(=O)COc2ccccc2)c2ccccc21. The van der Waals surface area contributed by atoms with Gasteiger partial charge in [-0.25, -0.2) is 0 Å². The average Bonchev–Trinajstić information content (AvgIpc) is 2.57. The molecule has 0 spiro atoms. The van der Waals surface area contributed by atoms with Crippen LogP contribution in [0.4, 0.5) is 11.4 Å². The van der Waals surface area contributed by atoms with E-state index in [1.807, 2.05) is 42.5 Å². The zero-order chi connectivity index (χ0) is 15.5. The molecular weight excluding hydrogens is 280 g/mol. The topological polar surface area (TPSA) is 49.9 Å². The van der Waals surface area contributed by atoms with Crippen molar-refractivity contribution in [1.82, 2.24) is 0 Å². The first-order chi connectivity index (χ1) is 10.7. The summed E-state index contributed by atoms with van der Waals surface area (Å²) in [6.45, 7) is -0.0696. The summed E-state index contributed by atoms with van der Waals surface area (Å²) in [5.74, 6) is 0.272. The Morgan fingerprint density at radius 1 is 1.05 bits per heavy atom. The number of rotatable bonds is 3. The third-order valence-electron chi connectivity index (χ3n) is 3.61. The molecule has 0 aliphatic carbocycles. The maximum absolute atomic E-state index is 12.4. The monoisotopic (exact) mass is 296 g/mol. The molecule has 5 nitrogen and oxygen atoms in total. The molecule has 1 aliphatic heterocycles. The van der Waals surface area contributed by atoms with Gasteiger partial charge in [-0.05, 0) is 24.3 Å². The molecule has 0 saturated carbocycles. The summed E-state index contributed by atoms with van der Waals surface area (Å²) >= 11 is 0. The molecule has 112 valence electrons. The Kier molecular flexibility index (Phi) is 3.78. The van der Waals surface area contributed by atoms with Gasteiger partial charge in [0.15, 0.2) is 6.61 Å². The number of anilines is 2. The molecule has 0 atom stereocenters. The van der Waals surface area contributed by atoms with E-state index in [1.54, 1.807) is 24.1 Å². The maximum atomic E-state index is 12.4. The van der Waals surface area contributed by atoms with Crippen LogP contribution in [0.25, 0.3) is 0 Å². The van der Waals surface area contributed by atoms with Gasteiger partial charge in [0.1, 0.15) is 12.3 Å². The number of nitrogens with zero attached hydrogens (tertiary/aromatic N) is 2. The second-order valence-corrected chi connectivity index (χ2v) is 5.02. The quantitative estimate of drug-likeness (QED) is 0.871. The fourth-order valence-electron chi connectivity index (χ4n) is 2.40. The average molecular weight is 296 g/mol. The van der Waals surface area contributed by atoms with Gasteiger partial charge in [-0.3, -0.25) is 14.5 Å². The number of ether oxygens (including phenoxy) is 1. The van der Waals surface area contributed by atoms with Crippen molar-refractivity contribution in [2.24, 2.45) is 0 Å². The van der Waals surface area contributed by atoms with Crippen molar-refractivity contribution in [2.45, 2.75) is 0 Å². The Hall–Kier alpha value is -2.82. The molecule has 1 heterocycles. The number of hydrogen-bond acceptors (Lipinski definition) is 3. The third kappa shape index (κ3) is 2.65. The number of amides is 2. The molecule has 0 radical (unpaired) electrons. The summed E-state index contributed by atoms with van der Waals surface area (Å²) in [4.78, 5) is 27.5. The Morgan fingerprint density at radius 3 is 2.41 bits per heavy atom. The lowest BCUT2D eigenvalue weighted by molar-refractivity contribution is -0.124. The first-order valence-corrected chi connectivity index (χ1v) is 7.00. The van der Waals surface area contributed by atoms with Crippen molar-refractivity contribution in [3.05, 3.63) is 54.6 Å². The second-order valence-electron chi connectivity index (χ2n) is 5.02. The predicted octanol–water partition coefficient (Wildman–Crippen LogP) is 2.07. The standard InChI is InChI=1S/C17H16N2O3/c1-18-14-9-5-6-10-15(14)19(11-16(18)20)17(21)12-22-13-7-3-2-4-8-13/h2-10H,11-12H2,1H3. The zero-order valence-electron chi connectivity index (χ0n) is 12.2. The van der Waals surface area contributed by atoms with Crippen molar-refractivity contribution in [3.8, 4) is 5.75 Å². The highest BCUT2D eigenvalue weighted by Gasteiger charge is 2.30. The van der Waals surface area contributed by atoms with Gasteiger partial charge in [0.05, 0.1) is 11.4 Å². The van der Waals surface area contributed by atoms with Crippen LogP contribution < -0.4 is 14.5 Å². The summed E-state index contributed by atoms with van der Waals surface area (Å²) in [5.41, 5.74) is 1.46. The maximum Gasteiger partial charge on any atom is 0.265 e. The van der Waals surface area contributed by atoms with E-state index in [4.69, 9.17) is 4.74 Å². The minimum atomic E-state index is -0.238. The third-order valence-corrected chi connectivity index (χ3v) is 3.61. The van der Waals surface area contributed by atoms with Gasteiger partial charge in [-0.1, -0.05) is 30.3 Å². The summed E-state index contributed by atoms with van der Waals surface area (Å²) in [5, 5.41) is 0. The van der Waals surface area contributed by atoms with E-state index in [1.165, 1.54) is 4.90 Å². The van der Waals surface area contributed by atoms with Crippen LogP contribution in [0.3, 0.4) is 0 Å². The van der Waals surface area contributed by atoms with Gasteiger partial charge in [0, 0.05) is 7.05 Å². The van der Waals surface area contributed by atoms with Gasteiger partial charge in [-0.15, -0.1) is 0 Å². The molecule has 1 aliphatic rings. The molecular formula is C17H16N2O3. The van der Waals surface area contributed by atoms with Gasteiger partial charge in [0.2, 0.25) is 5.91 Å². The van der Waals surface area contributed by atoms with E-state index in [0.29, 0.717) is 5.75 Å². The first-order valence-electron chi connectivity index (χ1n) is 7.00. The summed E-state index contributed by atoms with van der Waals surface area (Å²) < 4.78 is 5.48. The largest absolute Gasteiger partial charge is 0.484 e. The fraction of sp³-hybridized carbons (Fsp3) is 0.176. The highest BCUT2D eigenvalue weighted by atomic mass is 16.5. The van der Waals surface area contributed by atoms with Crippen molar-refractivity contribution in [2.75, 3.05) is 30.0 Å². The number of carbonyl (C=O) groups excluding carboxylic acids is 2. The zero-order valence-corrected chi connectivity index (χ0v) is 12.2. The van der Waals surface area contributed by atoms with Crippen LogP contribution in [0.2, 0.25) is 0 Å². The van der Waals surface area contributed by atoms with Crippen molar-refractivity contribution < 1.29 is 14.3 Å². The van der Waals surface area contributed by atoms with Gasteiger partial charge in [-0.2, -0.15) is 0 Å². The highest BCUT2D eigenvalue weighted by Crippen LogP contribution is 2.32. The van der Waals surface area contributed by atoms with Gasteiger partial charge in [0.25, 0.3) is 5.91 Å². The van der Waals surface area contributed by atoms with E-state index in [9.17, 15) is 9.59 Å². The van der Waals surface area contributed by atoms with Crippen molar-refractivity contribution in [1.29, 1.82) is 0 Å². The molecule has 0 N–H and O–H groups in total. The number of carbonyl (C=O) groups is 2. The molecule has 0 fully saturated rings. The molecule has 22 heavy (non-hydrogen) atoms. The van der Waals surface area contributed by atoms with Crippen LogP contribution in [0, 0.1) is 0 Å². The van der Waals surface area contributed by atoms with Crippen LogP contribution in [0.15, 0.2) is 54.6 Å². The van der Waals surface area contributed by atoms with E-state index in [0.717, 1.165) is 11.4 Å². The van der Waals surface area contributed by atoms with Crippen molar-refractivity contribution >= 4 is 23.2 Å². The second kappa shape index (κ2) is 5.89. The lowest BCUT2D eigenvalue weighted by Gasteiger charge is -2.33. The number of para-hydroxylation sites is 3. The Morgan fingerprint density at radius 2 is 1.68 bits per heavy atom. The molecule has 0 bridgehead atoms. The molecule has 0 saturated heterocycles.